The van der Waals surface area contributed by atoms with Crippen LogP contribution in [0.1, 0.15) is 53.4 Å². The van der Waals surface area contributed by atoms with Gasteiger partial charge in [0.15, 0.2) is 18.0 Å². The van der Waals surface area contributed by atoms with Crippen molar-refractivity contribution in [2.75, 3.05) is 6.61 Å². The molecule has 3 fully saturated rings. The lowest BCUT2D eigenvalue weighted by molar-refractivity contribution is -0.192. The molecule has 8 atom stereocenters. The molecule has 0 saturated heterocycles. The van der Waals surface area contributed by atoms with Gasteiger partial charge in [-0.25, -0.2) is 0 Å². The highest BCUT2D eigenvalue weighted by atomic mass is 16.5. The molecule has 0 aromatic rings. The highest BCUT2D eigenvalue weighted by molar-refractivity contribution is 6.01. The summed E-state index contributed by atoms with van der Waals surface area (Å²) in [6.07, 6.45) is 4.77. The summed E-state index contributed by atoms with van der Waals surface area (Å²) in [4.78, 5) is 36.9. The number of ether oxygens (including phenoxy) is 1. The maximum absolute atomic E-state index is 13.1. The number of hydrogen-bond donors (Lipinski definition) is 3. The molecule has 0 aromatic heterocycles. The highest BCUT2D eigenvalue weighted by Crippen LogP contribution is 2.67. The SMILES string of the molecule is CC(C)C(=O)OCC(=O)[C@@]1(O)[C@H](O)CC2C3CCC4=CC(=O)C=C[C@]4(C)C3[C@@H](O)C[C@@]21C. The maximum Gasteiger partial charge on any atom is 0.308 e. The molecule has 7 heteroatoms. The van der Waals surface area contributed by atoms with E-state index in [1.807, 2.05) is 13.0 Å². The van der Waals surface area contributed by atoms with Crippen molar-refractivity contribution >= 4 is 17.5 Å². The van der Waals surface area contributed by atoms with Gasteiger partial charge in [-0.15, -0.1) is 0 Å². The second-order valence-corrected chi connectivity index (χ2v) is 10.9. The third-order valence-electron chi connectivity index (χ3n) is 8.96. The largest absolute Gasteiger partial charge is 0.457 e. The maximum atomic E-state index is 13.1. The fraction of sp³-hybridized carbons (Fsp3) is 0.720. The smallest absolute Gasteiger partial charge is 0.308 e. The van der Waals surface area contributed by atoms with Crippen LogP contribution in [0.15, 0.2) is 23.8 Å². The van der Waals surface area contributed by atoms with Crippen molar-refractivity contribution in [3.8, 4) is 0 Å². The van der Waals surface area contributed by atoms with E-state index in [-0.39, 0.29) is 36.4 Å². The van der Waals surface area contributed by atoms with Gasteiger partial charge < -0.3 is 20.1 Å². The molecule has 7 nitrogen and oxygen atoms in total. The molecule has 0 spiro atoms. The third-order valence-corrected chi connectivity index (χ3v) is 8.96. The second-order valence-electron chi connectivity index (χ2n) is 10.9. The van der Waals surface area contributed by atoms with Gasteiger partial charge in [0, 0.05) is 16.7 Å². The van der Waals surface area contributed by atoms with Gasteiger partial charge in [-0.05, 0) is 49.7 Å². The predicted octanol–water partition coefficient (Wildman–Crippen LogP) is 1.74. The molecule has 4 aliphatic rings. The quantitative estimate of drug-likeness (QED) is 0.563. The molecule has 0 aliphatic heterocycles. The van der Waals surface area contributed by atoms with Crippen molar-refractivity contribution in [2.45, 2.75) is 71.2 Å². The molecule has 3 unspecified atom stereocenters. The summed E-state index contributed by atoms with van der Waals surface area (Å²) in [6, 6.07) is 0. The molecular weight excluding hydrogens is 412 g/mol. The van der Waals surface area contributed by atoms with E-state index in [0.29, 0.717) is 12.8 Å². The number of allylic oxidation sites excluding steroid dienone is 4. The Morgan fingerprint density at radius 1 is 1.25 bits per heavy atom. The van der Waals surface area contributed by atoms with E-state index >= 15 is 0 Å². The Morgan fingerprint density at radius 3 is 2.59 bits per heavy atom. The van der Waals surface area contributed by atoms with Crippen LogP contribution in [0.25, 0.3) is 0 Å². The number of Topliss-reactive ketones (excluding diaryl/α,β-unsaturated/α-hetero) is 1. The number of fused-ring (bicyclic) bond motifs is 5. The number of ketones is 2. The number of hydrogen-bond acceptors (Lipinski definition) is 7. The molecule has 32 heavy (non-hydrogen) atoms. The molecule has 0 bridgehead atoms. The number of esters is 1. The Labute approximate surface area is 188 Å². The zero-order valence-corrected chi connectivity index (χ0v) is 19.2. The van der Waals surface area contributed by atoms with Crippen LogP contribution in [0.5, 0.6) is 0 Å². The van der Waals surface area contributed by atoms with Gasteiger partial charge in [0.2, 0.25) is 5.78 Å². The minimum absolute atomic E-state index is 0.0292. The van der Waals surface area contributed by atoms with Gasteiger partial charge in [-0.2, -0.15) is 0 Å². The minimum atomic E-state index is -2.10. The average Bonchev–Trinajstić information content (AvgIpc) is 2.93. The molecule has 0 heterocycles. The summed E-state index contributed by atoms with van der Waals surface area (Å²) in [7, 11) is 0. The Balaban J connectivity index is 1.65. The first-order valence-electron chi connectivity index (χ1n) is 11.6. The van der Waals surface area contributed by atoms with Crippen molar-refractivity contribution in [1.29, 1.82) is 0 Å². The monoisotopic (exact) mass is 446 g/mol. The van der Waals surface area contributed by atoms with E-state index in [2.05, 4.69) is 0 Å². The zero-order valence-electron chi connectivity index (χ0n) is 19.2. The summed E-state index contributed by atoms with van der Waals surface area (Å²) in [5, 5.41) is 33.9. The van der Waals surface area contributed by atoms with Crippen LogP contribution in [-0.4, -0.2) is 57.3 Å². The van der Waals surface area contributed by atoms with Crippen LogP contribution in [-0.2, 0) is 19.1 Å². The number of carbonyl (C=O) groups excluding carboxylic acids is 3. The summed E-state index contributed by atoms with van der Waals surface area (Å²) in [5.74, 6) is -2.11. The highest BCUT2D eigenvalue weighted by Gasteiger charge is 2.71. The topological polar surface area (TPSA) is 121 Å². The van der Waals surface area contributed by atoms with E-state index in [0.717, 1.165) is 5.57 Å². The Kier molecular flexibility index (Phi) is 5.55. The normalized spacial score (nSPS) is 45.1. The van der Waals surface area contributed by atoms with E-state index < -0.39 is 52.9 Å². The van der Waals surface area contributed by atoms with Gasteiger partial charge in [0.25, 0.3) is 0 Å². The average molecular weight is 447 g/mol. The molecule has 0 radical (unpaired) electrons. The standard InChI is InChI=1S/C25H34O7/c1-13(2)22(30)32-12-20(29)25(31)19(28)10-17-16-6-5-14-9-15(26)7-8-23(14,3)21(16)18(27)11-24(17,25)4/h7-9,13,16-19,21,27-28,31H,5-6,10-12H2,1-4H3/t16?,17?,18-,19+,21?,23-,24-,25-/m0/s1. The predicted molar refractivity (Wildman–Crippen MR) is 115 cm³/mol. The number of rotatable bonds is 4. The summed E-state index contributed by atoms with van der Waals surface area (Å²) >= 11 is 0. The lowest BCUT2D eigenvalue weighted by Crippen LogP contribution is -2.64. The molecule has 4 aliphatic carbocycles. The Morgan fingerprint density at radius 2 is 1.94 bits per heavy atom. The van der Waals surface area contributed by atoms with Gasteiger partial charge >= 0.3 is 5.97 Å². The zero-order chi connectivity index (χ0) is 23.6. The van der Waals surface area contributed by atoms with Gasteiger partial charge in [-0.3, -0.25) is 14.4 Å². The summed E-state index contributed by atoms with van der Waals surface area (Å²) < 4.78 is 5.08. The lowest BCUT2D eigenvalue weighted by atomic mass is 9.46. The van der Waals surface area contributed by atoms with Crippen molar-refractivity contribution in [3.05, 3.63) is 23.8 Å². The molecule has 4 rings (SSSR count). The van der Waals surface area contributed by atoms with E-state index in [9.17, 15) is 29.7 Å². The first kappa shape index (κ1) is 23.3. The van der Waals surface area contributed by atoms with Crippen LogP contribution >= 0.6 is 0 Å². The van der Waals surface area contributed by atoms with E-state index in [1.54, 1.807) is 32.9 Å². The van der Waals surface area contributed by atoms with Gasteiger partial charge in [-0.1, -0.05) is 39.3 Å². The molecule has 0 aromatic carbocycles. The molecule has 176 valence electrons. The number of carbonyl (C=O) groups is 3. The molecule has 0 amide bonds. The number of aliphatic hydroxyl groups excluding tert-OH is 2. The first-order valence-corrected chi connectivity index (χ1v) is 11.6. The van der Waals surface area contributed by atoms with E-state index in [1.165, 1.54) is 0 Å². The summed E-state index contributed by atoms with van der Waals surface area (Å²) in [5.41, 5.74) is -2.62. The van der Waals surface area contributed by atoms with Crippen molar-refractivity contribution in [2.24, 2.45) is 34.5 Å². The Bertz CT molecular complexity index is 904. The summed E-state index contributed by atoms with van der Waals surface area (Å²) in [6.45, 7) is 6.51. The minimum Gasteiger partial charge on any atom is -0.457 e. The van der Waals surface area contributed by atoms with Crippen molar-refractivity contribution < 1.29 is 34.4 Å². The number of aliphatic hydroxyl groups is 3. The van der Waals surface area contributed by atoms with Crippen LogP contribution in [0.2, 0.25) is 0 Å². The third kappa shape index (κ3) is 3.08. The van der Waals surface area contributed by atoms with Crippen LogP contribution < -0.4 is 0 Å². The first-order chi connectivity index (χ1) is 14.9. The molecule has 3 N–H and O–H groups in total. The van der Waals surface area contributed by atoms with E-state index in [4.69, 9.17) is 4.74 Å². The van der Waals surface area contributed by atoms with Crippen LogP contribution in [0.4, 0.5) is 0 Å². The molecule has 3 saturated carbocycles. The fourth-order valence-corrected chi connectivity index (χ4v) is 7.26. The van der Waals surface area contributed by atoms with Gasteiger partial charge in [0.05, 0.1) is 18.1 Å². The molecular formula is C25H34O7. The Hall–Kier alpha value is -1.83. The van der Waals surface area contributed by atoms with Crippen molar-refractivity contribution in [1.82, 2.24) is 0 Å². The fourth-order valence-electron chi connectivity index (χ4n) is 7.26. The second kappa shape index (κ2) is 7.61. The van der Waals surface area contributed by atoms with Gasteiger partial charge in [0.1, 0.15) is 0 Å². The van der Waals surface area contributed by atoms with Crippen molar-refractivity contribution in [3.63, 3.8) is 0 Å². The lowest BCUT2D eigenvalue weighted by Gasteiger charge is -2.59. The van der Waals surface area contributed by atoms with Crippen LogP contribution in [0.3, 0.4) is 0 Å². The van der Waals surface area contributed by atoms with Crippen LogP contribution in [0, 0.1) is 34.5 Å².